The molecule has 0 spiro atoms. The lowest BCUT2D eigenvalue weighted by atomic mass is 10.1. The van der Waals surface area contributed by atoms with Gasteiger partial charge in [-0.2, -0.15) is 0 Å². The zero-order valence-corrected chi connectivity index (χ0v) is 17.1. The van der Waals surface area contributed by atoms with Gasteiger partial charge in [0.1, 0.15) is 23.9 Å². The standard InChI is InChI=1S/C25H24O5/c1-27-24-13-7-19(15-25(24)28-2)23(26)12-11-20-9-10-22(30-20)16-29-21-8-6-17-4-3-5-18(17)14-21/h6-15H,3-5,16H2,1-2H3/b12-11+. The van der Waals surface area contributed by atoms with Crippen molar-refractivity contribution in [1.82, 2.24) is 0 Å². The number of fused-ring (bicyclic) bond motifs is 1. The molecule has 154 valence electrons. The molecule has 3 aromatic rings. The average Bonchev–Trinajstić information content (AvgIpc) is 3.44. The first-order chi connectivity index (χ1) is 14.7. The van der Waals surface area contributed by atoms with Gasteiger partial charge in [-0.15, -0.1) is 0 Å². The lowest BCUT2D eigenvalue weighted by molar-refractivity contribution is 0.104. The second-order valence-corrected chi connectivity index (χ2v) is 7.14. The summed E-state index contributed by atoms with van der Waals surface area (Å²) in [6.07, 6.45) is 6.62. The second kappa shape index (κ2) is 8.91. The van der Waals surface area contributed by atoms with Crippen molar-refractivity contribution in [3.05, 3.63) is 82.8 Å². The molecule has 0 atom stereocenters. The van der Waals surface area contributed by atoms with E-state index in [0.29, 0.717) is 35.2 Å². The maximum absolute atomic E-state index is 12.4. The summed E-state index contributed by atoms with van der Waals surface area (Å²) in [6, 6.07) is 15.0. The number of carbonyl (C=O) groups is 1. The van der Waals surface area contributed by atoms with Crippen molar-refractivity contribution in [1.29, 1.82) is 0 Å². The van der Waals surface area contributed by atoms with Gasteiger partial charge in [-0.05, 0) is 85.0 Å². The topological polar surface area (TPSA) is 57.9 Å². The molecule has 1 aliphatic carbocycles. The molecule has 1 aliphatic rings. The minimum atomic E-state index is -0.150. The number of benzene rings is 2. The lowest BCUT2D eigenvalue weighted by Gasteiger charge is -2.07. The van der Waals surface area contributed by atoms with Crippen molar-refractivity contribution in [2.24, 2.45) is 0 Å². The van der Waals surface area contributed by atoms with Gasteiger partial charge in [0.2, 0.25) is 0 Å². The number of hydrogen-bond acceptors (Lipinski definition) is 5. The number of hydrogen-bond donors (Lipinski definition) is 0. The predicted octanol–water partition coefficient (Wildman–Crippen LogP) is 5.26. The minimum absolute atomic E-state index is 0.150. The molecule has 0 radical (unpaired) electrons. The molecule has 0 aliphatic heterocycles. The minimum Gasteiger partial charge on any atom is -0.493 e. The summed E-state index contributed by atoms with van der Waals surface area (Å²) in [6.45, 7) is 0.344. The third-order valence-corrected chi connectivity index (χ3v) is 5.20. The van der Waals surface area contributed by atoms with Crippen LogP contribution in [-0.2, 0) is 19.4 Å². The van der Waals surface area contributed by atoms with Gasteiger partial charge in [-0.3, -0.25) is 4.79 Å². The smallest absolute Gasteiger partial charge is 0.186 e. The van der Waals surface area contributed by atoms with E-state index in [9.17, 15) is 4.79 Å². The maximum Gasteiger partial charge on any atom is 0.186 e. The van der Waals surface area contributed by atoms with Gasteiger partial charge in [0, 0.05) is 5.56 Å². The van der Waals surface area contributed by atoms with Gasteiger partial charge in [-0.1, -0.05) is 6.07 Å². The van der Waals surface area contributed by atoms with E-state index in [-0.39, 0.29) is 5.78 Å². The molecule has 0 unspecified atom stereocenters. The normalized spacial score (nSPS) is 12.7. The monoisotopic (exact) mass is 404 g/mol. The third-order valence-electron chi connectivity index (χ3n) is 5.20. The third kappa shape index (κ3) is 4.40. The maximum atomic E-state index is 12.4. The highest BCUT2D eigenvalue weighted by Crippen LogP contribution is 2.28. The van der Waals surface area contributed by atoms with E-state index in [1.54, 1.807) is 31.4 Å². The van der Waals surface area contributed by atoms with E-state index in [2.05, 4.69) is 12.1 Å². The molecular weight excluding hydrogens is 380 g/mol. The van der Waals surface area contributed by atoms with Crippen LogP contribution in [0.25, 0.3) is 6.08 Å². The second-order valence-electron chi connectivity index (χ2n) is 7.14. The first-order valence-corrected chi connectivity index (χ1v) is 9.94. The summed E-state index contributed by atoms with van der Waals surface area (Å²) in [5.41, 5.74) is 3.31. The van der Waals surface area contributed by atoms with E-state index >= 15 is 0 Å². The number of ether oxygens (including phenoxy) is 3. The van der Waals surface area contributed by atoms with Gasteiger partial charge in [0.05, 0.1) is 14.2 Å². The summed E-state index contributed by atoms with van der Waals surface area (Å²) in [7, 11) is 3.10. The van der Waals surface area contributed by atoms with Crippen LogP contribution in [0.4, 0.5) is 0 Å². The van der Waals surface area contributed by atoms with Crippen LogP contribution in [0.2, 0.25) is 0 Å². The van der Waals surface area contributed by atoms with Gasteiger partial charge in [0.15, 0.2) is 17.3 Å². The van der Waals surface area contributed by atoms with Crippen LogP contribution in [0, 0.1) is 0 Å². The van der Waals surface area contributed by atoms with Crippen molar-refractivity contribution in [3.8, 4) is 17.2 Å². The number of rotatable bonds is 8. The number of ketones is 1. The molecule has 0 saturated carbocycles. The van der Waals surface area contributed by atoms with Crippen LogP contribution in [0.1, 0.15) is 39.4 Å². The molecule has 5 heteroatoms. The summed E-state index contributed by atoms with van der Waals surface area (Å²) < 4.78 is 22.1. The molecule has 1 heterocycles. The van der Waals surface area contributed by atoms with Gasteiger partial charge < -0.3 is 18.6 Å². The largest absolute Gasteiger partial charge is 0.493 e. The Morgan fingerprint density at radius 2 is 1.80 bits per heavy atom. The highest BCUT2D eigenvalue weighted by molar-refractivity contribution is 6.07. The Balaban J connectivity index is 1.37. The zero-order valence-electron chi connectivity index (χ0n) is 17.1. The fourth-order valence-corrected chi connectivity index (χ4v) is 3.60. The first-order valence-electron chi connectivity index (χ1n) is 9.94. The van der Waals surface area contributed by atoms with E-state index < -0.39 is 0 Å². The van der Waals surface area contributed by atoms with E-state index in [4.69, 9.17) is 18.6 Å². The lowest BCUT2D eigenvalue weighted by Crippen LogP contribution is -1.97. The molecule has 4 rings (SSSR count). The molecule has 0 fully saturated rings. The Morgan fingerprint density at radius 3 is 2.63 bits per heavy atom. The van der Waals surface area contributed by atoms with E-state index in [0.717, 1.165) is 18.6 Å². The Morgan fingerprint density at radius 1 is 0.967 bits per heavy atom. The molecular formula is C25H24O5. The molecule has 30 heavy (non-hydrogen) atoms. The summed E-state index contributed by atoms with van der Waals surface area (Å²) in [5.74, 6) is 3.10. The SMILES string of the molecule is COc1ccc(C(=O)/C=C/c2ccc(COc3ccc4c(c3)CCC4)o2)cc1OC. The molecule has 5 nitrogen and oxygen atoms in total. The van der Waals surface area contributed by atoms with E-state index in [1.165, 1.54) is 30.7 Å². The van der Waals surface area contributed by atoms with Crippen molar-refractivity contribution >= 4 is 11.9 Å². The van der Waals surface area contributed by atoms with Crippen molar-refractivity contribution in [2.45, 2.75) is 25.9 Å². The highest BCUT2D eigenvalue weighted by Gasteiger charge is 2.12. The van der Waals surface area contributed by atoms with Crippen molar-refractivity contribution < 1.29 is 23.4 Å². The fraction of sp³-hybridized carbons (Fsp3) is 0.240. The Kier molecular flexibility index (Phi) is 5.89. The average molecular weight is 404 g/mol. The predicted molar refractivity (Wildman–Crippen MR) is 114 cm³/mol. The number of aryl methyl sites for hydroxylation is 2. The molecule has 0 amide bonds. The van der Waals surface area contributed by atoms with Crippen molar-refractivity contribution in [2.75, 3.05) is 14.2 Å². The number of furan rings is 1. The van der Waals surface area contributed by atoms with Crippen molar-refractivity contribution in [3.63, 3.8) is 0 Å². The van der Waals surface area contributed by atoms with Crippen LogP contribution in [0.5, 0.6) is 17.2 Å². The first kappa shape index (κ1) is 19.8. The highest BCUT2D eigenvalue weighted by atomic mass is 16.5. The molecule has 0 bridgehead atoms. The quantitative estimate of drug-likeness (QED) is 0.379. The van der Waals surface area contributed by atoms with Crippen LogP contribution in [0.15, 0.2) is 59.0 Å². The summed E-state index contributed by atoms with van der Waals surface area (Å²) in [5, 5.41) is 0. The number of allylic oxidation sites excluding steroid dienone is 1. The Labute approximate surface area is 175 Å². The fourth-order valence-electron chi connectivity index (χ4n) is 3.60. The Bertz CT molecular complexity index is 1080. The van der Waals surface area contributed by atoms with Gasteiger partial charge in [-0.25, -0.2) is 0 Å². The van der Waals surface area contributed by atoms with Gasteiger partial charge in [0.25, 0.3) is 0 Å². The number of methoxy groups -OCH3 is 2. The van der Waals surface area contributed by atoms with E-state index in [1.807, 2.05) is 18.2 Å². The van der Waals surface area contributed by atoms with Crippen LogP contribution in [0.3, 0.4) is 0 Å². The zero-order chi connectivity index (χ0) is 20.9. The molecule has 0 N–H and O–H groups in total. The molecule has 1 aromatic heterocycles. The van der Waals surface area contributed by atoms with Crippen LogP contribution >= 0.6 is 0 Å². The molecule has 0 saturated heterocycles. The van der Waals surface area contributed by atoms with Crippen LogP contribution < -0.4 is 14.2 Å². The Hall–Kier alpha value is -3.47. The summed E-state index contributed by atoms with van der Waals surface area (Å²) in [4.78, 5) is 12.4. The number of carbonyl (C=O) groups excluding carboxylic acids is 1. The summed E-state index contributed by atoms with van der Waals surface area (Å²) >= 11 is 0. The van der Waals surface area contributed by atoms with Gasteiger partial charge >= 0.3 is 0 Å². The van der Waals surface area contributed by atoms with Crippen LogP contribution in [-0.4, -0.2) is 20.0 Å². The molecule has 2 aromatic carbocycles.